The van der Waals surface area contributed by atoms with Crippen LogP contribution in [0, 0.1) is 5.82 Å². The minimum atomic E-state index is -0.348. The monoisotopic (exact) mass is 386 g/mol. The molecule has 1 fully saturated rings. The maximum Gasteiger partial charge on any atom is 0.261 e. The molecule has 1 aliphatic heterocycles. The first-order valence-corrected chi connectivity index (χ1v) is 10.4. The lowest BCUT2D eigenvalue weighted by Gasteiger charge is -2.27. The number of hydrogen-bond donors (Lipinski definition) is 1. The Labute approximate surface area is 162 Å². The molecule has 0 unspecified atom stereocenters. The largest absolute Gasteiger partial charge is 0.349 e. The molecule has 0 atom stereocenters. The lowest BCUT2D eigenvalue weighted by molar-refractivity contribution is 0.0735. The first-order chi connectivity index (χ1) is 13.1. The molecule has 4 nitrogen and oxygen atoms in total. The summed E-state index contributed by atoms with van der Waals surface area (Å²) in [5, 5.41) is 3.16. The van der Waals surface area contributed by atoms with E-state index in [1.165, 1.54) is 48.4 Å². The Balaban J connectivity index is 1.43. The maximum absolute atomic E-state index is 13.1. The number of fused-ring (bicyclic) bond motifs is 1. The van der Waals surface area contributed by atoms with Crippen LogP contribution >= 0.6 is 11.3 Å². The molecule has 2 heterocycles. The minimum absolute atomic E-state index is 0.0118. The fraction of sp³-hybridized carbons (Fsp3) is 0.429. The topological polar surface area (TPSA) is 49.4 Å². The van der Waals surface area contributed by atoms with Crippen molar-refractivity contribution in [2.24, 2.45) is 0 Å². The number of hydrogen-bond acceptors (Lipinski definition) is 3. The van der Waals surface area contributed by atoms with Crippen LogP contribution in [-0.2, 0) is 13.0 Å². The van der Waals surface area contributed by atoms with Crippen molar-refractivity contribution >= 4 is 23.2 Å². The molecular weight excluding hydrogens is 363 g/mol. The second kappa shape index (κ2) is 7.80. The predicted octanol–water partition coefficient (Wildman–Crippen LogP) is 4.15. The Morgan fingerprint density at radius 1 is 1.11 bits per heavy atom. The van der Waals surface area contributed by atoms with Crippen LogP contribution in [0.3, 0.4) is 0 Å². The van der Waals surface area contributed by atoms with E-state index >= 15 is 0 Å². The Morgan fingerprint density at radius 2 is 1.85 bits per heavy atom. The summed E-state index contributed by atoms with van der Waals surface area (Å²) in [6, 6.07) is 7.87. The van der Waals surface area contributed by atoms with Crippen LogP contribution in [0.2, 0.25) is 0 Å². The third-order valence-corrected chi connectivity index (χ3v) is 6.65. The molecule has 1 N–H and O–H groups in total. The fourth-order valence-electron chi connectivity index (χ4n) is 3.90. The summed E-state index contributed by atoms with van der Waals surface area (Å²) in [7, 11) is 0. The summed E-state index contributed by atoms with van der Waals surface area (Å²) in [6.45, 7) is 1.12. The van der Waals surface area contributed by atoms with Gasteiger partial charge in [-0.1, -0.05) is 19.3 Å². The van der Waals surface area contributed by atoms with E-state index in [0.717, 1.165) is 29.7 Å². The number of nitrogens with zero attached hydrogens (tertiary/aromatic N) is 1. The number of rotatable bonds is 3. The van der Waals surface area contributed by atoms with Crippen LogP contribution in [0.4, 0.5) is 4.39 Å². The molecule has 1 aliphatic carbocycles. The second-order valence-electron chi connectivity index (χ2n) is 7.35. The van der Waals surface area contributed by atoms with Gasteiger partial charge >= 0.3 is 0 Å². The van der Waals surface area contributed by atoms with Crippen LogP contribution in [-0.4, -0.2) is 29.3 Å². The Kier molecular flexibility index (Phi) is 5.25. The van der Waals surface area contributed by atoms with Gasteiger partial charge in [-0.25, -0.2) is 4.39 Å². The van der Waals surface area contributed by atoms with Gasteiger partial charge in [0.05, 0.1) is 4.88 Å². The van der Waals surface area contributed by atoms with Gasteiger partial charge in [0.15, 0.2) is 0 Å². The van der Waals surface area contributed by atoms with Crippen molar-refractivity contribution in [1.29, 1.82) is 0 Å². The third-order valence-electron chi connectivity index (χ3n) is 5.41. The standard InChI is InChI=1S/C21H23FN2O2S/c22-16-8-6-14(7-9-16)21(26)24-11-10-18-15(13-24)12-19(27-18)20(25)23-17-4-2-1-3-5-17/h6-9,12,17H,1-5,10-11,13H2,(H,23,25). The molecule has 1 aromatic carbocycles. The highest BCUT2D eigenvalue weighted by atomic mass is 32.1. The quantitative estimate of drug-likeness (QED) is 0.862. The zero-order chi connectivity index (χ0) is 18.8. The van der Waals surface area contributed by atoms with Crippen molar-refractivity contribution in [2.45, 2.75) is 51.1 Å². The summed E-state index contributed by atoms with van der Waals surface area (Å²) in [5.41, 5.74) is 1.54. The Morgan fingerprint density at radius 3 is 2.59 bits per heavy atom. The minimum Gasteiger partial charge on any atom is -0.349 e. The van der Waals surface area contributed by atoms with Crippen molar-refractivity contribution in [1.82, 2.24) is 10.2 Å². The van der Waals surface area contributed by atoms with E-state index in [9.17, 15) is 14.0 Å². The smallest absolute Gasteiger partial charge is 0.261 e. The summed E-state index contributed by atoms with van der Waals surface area (Å²) in [4.78, 5) is 28.9. The third kappa shape index (κ3) is 4.05. The van der Waals surface area contributed by atoms with Crippen LogP contribution in [0.1, 0.15) is 62.6 Å². The van der Waals surface area contributed by atoms with E-state index in [1.54, 1.807) is 16.2 Å². The number of amides is 2. The van der Waals surface area contributed by atoms with E-state index in [4.69, 9.17) is 0 Å². The molecule has 2 amide bonds. The Bertz CT molecular complexity index is 840. The molecule has 27 heavy (non-hydrogen) atoms. The molecule has 6 heteroatoms. The van der Waals surface area contributed by atoms with E-state index < -0.39 is 0 Å². The molecule has 0 bridgehead atoms. The fourth-order valence-corrected chi connectivity index (χ4v) is 4.96. The molecule has 0 spiro atoms. The van der Waals surface area contributed by atoms with Gasteiger partial charge in [-0.2, -0.15) is 0 Å². The van der Waals surface area contributed by atoms with Crippen molar-refractivity contribution in [3.8, 4) is 0 Å². The number of benzene rings is 1. The van der Waals surface area contributed by atoms with E-state index in [0.29, 0.717) is 24.7 Å². The zero-order valence-electron chi connectivity index (χ0n) is 15.2. The number of nitrogens with one attached hydrogen (secondary N) is 1. The lowest BCUT2D eigenvalue weighted by atomic mass is 9.95. The van der Waals surface area contributed by atoms with Crippen LogP contribution in [0.15, 0.2) is 30.3 Å². The summed E-state index contributed by atoms with van der Waals surface area (Å²) >= 11 is 1.54. The van der Waals surface area contributed by atoms with Crippen LogP contribution in [0.25, 0.3) is 0 Å². The number of carbonyl (C=O) groups is 2. The molecule has 4 rings (SSSR count). The van der Waals surface area contributed by atoms with Crippen LogP contribution in [0.5, 0.6) is 0 Å². The van der Waals surface area contributed by atoms with Gasteiger partial charge < -0.3 is 10.2 Å². The number of carbonyl (C=O) groups excluding carboxylic acids is 2. The average molecular weight is 386 g/mol. The molecule has 0 radical (unpaired) electrons. The van der Waals surface area contributed by atoms with Gasteiger partial charge in [-0.05, 0) is 55.2 Å². The number of halogens is 1. The number of thiophene rings is 1. The van der Waals surface area contributed by atoms with Gasteiger partial charge in [0, 0.05) is 29.6 Å². The second-order valence-corrected chi connectivity index (χ2v) is 8.49. The van der Waals surface area contributed by atoms with Gasteiger partial charge in [-0.15, -0.1) is 11.3 Å². The highest BCUT2D eigenvalue weighted by molar-refractivity contribution is 7.14. The van der Waals surface area contributed by atoms with Gasteiger partial charge in [0.2, 0.25) is 0 Å². The first kappa shape index (κ1) is 18.2. The zero-order valence-corrected chi connectivity index (χ0v) is 16.0. The summed E-state index contributed by atoms with van der Waals surface area (Å²) in [5.74, 6) is -0.434. The molecule has 2 aromatic rings. The van der Waals surface area contributed by atoms with Crippen molar-refractivity contribution in [3.05, 3.63) is 57.0 Å². The maximum atomic E-state index is 13.1. The first-order valence-electron chi connectivity index (χ1n) is 9.57. The van der Waals surface area contributed by atoms with Gasteiger partial charge in [0.25, 0.3) is 11.8 Å². The van der Waals surface area contributed by atoms with Crippen LogP contribution < -0.4 is 5.32 Å². The van der Waals surface area contributed by atoms with E-state index in [-0.39, 0.29) is 17.6 Å². The van der Waals surface area contributed by atoms with Gasteiger partial charge in [0.1, 0.15) is 5.82 Å². The SMILES string of the molecule is O=C(NC1CCCCC1)c1cc2c(s1)CCN(C(=O)c1ccc(F)cc1)C2. The summed E-state index contributed by atoms with van der Waals surface area (Å²) in [6.07, 6.45) is 6.52. The summed E-state index contributed by atoms with van der Waals surface area (Å²) < 4.78 is 13.1. The van der Waals surface area contributed by atoms with Crippen molar-refractivity contribution < 1.29 is 14.0 Å². The molecule has 1 aromatic heterocycles. The van der Waals surface area contributed by atoms with Crippen molar-refractivity contribution in [3.63, 3.8) is 0 Å². The normalized spacial score (nSPS) is 17.4. The van der Waals surface area contributed by atoms with Gasteiger partial charge in [-0.3, -0.25) is 9.59 Å². The molecule has 2 aliphatic rings. The van der Waals surface area contributed by atoms with E-state index in [2.05, 4.69) is 5.32 Å². The average Bonchev–Trinajstić information content (AvgIpc) is 3.12. The molecule has 1 saturated carbocycles. The molecule has 142 valence electrons. The lowest BCUT2D eigenvalue weighted by Crippen LogP contribution is -2.35. The van der Waals surface area contributed by atoms with Crippen molar-refractivity contribution in [2.75, 3.05) is 6.54 Å². The molecular formula is C21H23FN2O2S. The molecule has 0 saturated heterocycles. The Hall–Kier alpha value is -2.21. The predicted molar refractivity (Wildman–Crippen MR) is 104 cm³/mol. The van der Waals surface area contributed by atoms with E-state index in [1.807, 2.05) is 6.07 Å². The highest BCUT2D eigenvalue weighted by Crippen LogP contribution is 2.29. The highest BCUT2D eigenvalue weighted by Gasteiger charge is 2.26.